The van der Waals surface area contributed by atoms with Gasteiger partial charge in [0.25, 0.3) is 5.91 Å². The molecule has 2 heterocycles. The van der Waals surface area contributed by atoms with Gasteiger partial charge in [0.05, 0.1) is 18.8 Å². The van der Waals surface area contributed by atoms with Gasteiger partial charge in [0.2, 0.25) is 5.95 Å². The van der Waals surface area contributed by atoms with E-state index in [0.29, 0.717) is 16.8 Å². The lowest BCUT2D eigenvalue weighted by atomic mass is 9.98. The Morgan fingerprint density at radius 3 is 2.82 bits per heavy atom. The summed E-state index contributed by atoms with van der Waals surface area (Å²) >= 11 is 0. The van der Waals surface area contributed by atoms with Crippen LogP contribution in [0.15, 0.2) is 48.7 Å². The van der Waals surface area contributed by atoms with E-state index in [9.17, 15) is 14.3 Å². The van der Waals surface area contributed by atoms with Crippen LogP contribution in [0.3, 0.4) is 0 Å². The van der Waals surface area contributed by atoms with Crippen molar-refractivity contribution in [1.82, 2.24) is 19.9 Å². The topological polar surface area (TPSA) is 115 Å². The molecule has 10 heteroatoms. The highest BCUT2D eigenvalue weighted by atomic mass is 19.1. The monoisotopic (exact) mass is 467 g/mol. The van der Waals surface area contributed by atoms with Gasteiger partial charge in [0.15, 0.2) is 17.2 Å². The maximum Gasteiger partial charge on any atom is 0.254 e. The molecule has 0 aliphatic heterocycles. The highest BCUT2D eigenvalue weighted by Gasteiger charge is 2.21. The fourth-order valence-electron chi connectivity index (χ4n) is 3.81. The number of aryl methyl sites for hydroxylation is 1. The summed E-state index contributed by atoms with van der Waals surface area (Å²) in [5, 5.41) is 17.1. The molecule has 0 saturated carbocycles. The molecule has 0 spiro atoms. The molecule has 34 heavy (non-hydrogen) atoms. The fraction of sp³-hybridized carbons (Fsp3) is 0.208. The number of fused-ring (bicyclic) bond motifs is 1. The second-order valence-corrected chi connectivity index (χ2v) is 7.73. The first-order chi connectivity index (χ1) is 16.3. The third-order valence-electron chi connectivity index (χ3n) is 5.51. The number of nitrogens with zero attached hydrogens (tertiary/aromatic N) is 3. The average Bonchev–Trinajstić information content (AvgIpc) is 3.18. The lowest BCUT2D eigenvalue weighted by Crippen LogP contribution is -2.27. The number of rotatable bonds is 7. The van der Waals surface area contributed by atoms with Crippen molar-refractivity contribution in [3.8, 4) is 16.9 Å². The smallest absolute Gasteiger partial charge is 0.254 e. The molecule has 2 aromatic heterocycles. The number of anilines is 1. The van der Waals surface area contributed by atoms with Crippen LogP contribution in [0.25, 0.3) is 16.8 Å². The summed E-state index contributed by atoms with van der Waals surface area (Å²) in [7, 11) is 1.31. The Morgan fingerprint density at radius 2 is 2.06 bits per heavy atom. The summed E-state index contributed by atoms with van der Waals surface area (Å²) < 4.78 is 35.8. The van der Waals surface area contributed by atoms with Crippen molar-refractivity contribution in [3.63, 3.8) is 0 Å². The molecule has 0 bridgehead atoms. The van der Waals surface area contributed by atoms with Crippen molar-refractivity contribution in [2.45, 2.75) is 19.4 Å². The molecule has 1 amide bonds. The number of para-hydroxylation sites is 1. The largest absolute Gasteiger partial charge is 0.493 e. The van der Waals surface area contributed by atoms with Crippen molar-refractivity contribution in [1.29, 1.82) is 0 Å². The second-order valence-electron chi connectivity index (χ2n) is 7.73. The van der Waals surface area contributed by atoms with Gasteiger partial charge >= 0.3 is 0 Å². The standard InChI is InChI=1S/C24H23F2N5O3/c1-13-6-7-15(14-9-11-31-19(12-14)29-24(27)30-31)21(26)20(13)23(33)28-10-8-18(32)16-4-3-5-17(25)22(16)34-2/h3-7,9,11-12,18,32H,8,10H2,1-2H3,(H2,27,30)(H,28,33). The second kappa shape index (κ2) is 9.44. The molecule has 0 aliphatic rings. The van der Waals surface area contributed by atoms with Gasteiger partial charge in [-0.05, 0) is 42.7 Å². The predicted octanol–water partition coefficient (Wildman–Crippen LogP) is 3.43. The zero-order chi connectivity index (χ0) is 24.4. The minimum Gasteiger partial charge on any atom is -0.493 e. The number of amides is 1. The summed E-state index contributed by atoms with van der Waals surface area (Å²) in [5.74, 6) is -1.85. The Labute approximate surface area is 194 Å². The van der Waals surface area contributed by atoms with E-state index in [0.717, 1.165) is 0 Å². The van der Waals surface area contributed by atoms with Gasteiger partial charge in [-0.3, -0.25) is 4.79 Å². The average molecular weight is 467 g/mol. The first kappa shape index (κ1) is 23.1. The quantitative estimate of drug-likeness (QED) is 0.384. The minimum atomic E-state index is -1.08. The zero-order valence-electron chi connectivity index (χ0n) is 18.5. The van der Waals surface area contributed by atoms with E-state index < -0.39 is 23.6 Å². The van der Waals surface area contributed by atoms with Crippen molar-refractivity contribution in [3.05, 3.63) is 77.0 Å². The molecule has 176 valence electrons. The number of nitrogens with two attached hydrogens (primary N) is 1. The van der Waals surface area contributed by atoms with E-state index in [1.807, 2.05) is 0 Å². The minimum absolute atomic E-state index is 0.0355. The fourth-order valence-corrected chi connectivity index (χ4v) is 3.81. The number of carbonyl (C=O) groups excluding carboxylic acids is 1. The molecular weight excluding hydrogens is 444 g/mol. The SMILES string of the molecule is COc1c(F)cccc1C(O)CCNC(=O)c1c(C)ccc(-c2ccn3nc(N)nc3c2)c1F. The molecule has 4 rings (SSSR count). The van der Waals surface area contributed by atoms with Gasteiger partial charge in [-0.15, -0.1) is 5.10 Å². The number of pyridine rings is 1. The molecule has 0 aliphatic carbocycles. The number of methoxy groups -OCH3 is 1. The highest BCUT2D eigenvalue weighted by molar-refractivity contribution is 5.97. The maximum atomic E-state index is 15.4. The molecule has 0 saturated heterocycles. The molecule has 1 atom stereocenters. The van der Waals surface area contributed by atoms with Crippen LogP contribution in [-0.2, 0) is 0 Å². The number of halogens is 2. The number of nitrogens with one attached hydrogen (secondary N) is 1. The first-order valence-electron chi connectivity index (χ1n) is 10.5. The van der Waals surface area contributed by atoms with Crippen LogP contribution < -0.4 is 15.8 Å². The number of aliphatic hydroxyl groups excluding tert-OH is 1. The summed E-state index contributed by atoms with van der Waals surface area (Å²) in [6.07, 6.45) is 0.608. The summed E-state index contributed by atoms with van der Waals surface area (Å²) in [6.45, 7) is 1.67. The van der Waals surface area contributed by atoms with Crippen LogP contribution in [0.1, 0.15) is 34.0 Å². The van der Waals surface area contributed by atoms with Gasteiger partial charge in [0, 0.05) is 23.9 Å². The van der Waals surface area contributed by atoms with Crippen LogP contribution in [0.5, 0.6) is 5.75 Å². The highest BCUT2D eigenvalue weighted by Crippen LogP contribution is 2.30. The third kappa shape index (κ3) is 4.40. The third-order valence-corrected chi connectivity index (χ3v) is 5.51. The number of hydrogen-bond donors (Lipinski definition) is 3. The van der Waals surface area contributed by atoms with Crippen LogP contribution in [0, 0.1) is 18.6 Å². The molecule has 0 radical (unpaired) electrons. The van der Waals surface area contributed by atoms with Crippen molar-refractivity contribution in [2.24, 2.45) is 0 Å². The Bertz CT molecular complexity index is 1370. The van der Waals surface area contributed by atoms with Gasteiger partial charge < -0.3 is 20.9 Å². The van der Waals surface area contributed by atoms with Crippen LogP contribution in [0.4, 0.5) is 14.7 Å². The van der Waals surface area contributed by atoms with E-state index in [2.05, 4.69) is 15.4 Å². The van der Waals surface area contributed by atoms with Gasteiger partial charge in [-0.25, -0.2) is 13.3 Å². The van der Waals surface area contributed by atoms with Crippen molar-refractivity contribution < 1.29 is 23.4 Å². The molecular formula is C24H23F2N5O3. The van der Waals surface area contributed by atoms with Gasteiger partial charge in [-0.2, -0.15) is 4.98 Å². The number of aliphatic hydroxyl groups is 1. The molecule has 8 nitrogen and oxygen atoms in total. The molecule has 4 aromatic rings. The maximum absolute atomic E-state index is 15.4. The van der Waals surface area contributed by atoms with Crippen molar-refractivity contribution in [2.75, 3.05) is 19.4 Å². The van der Waals surface area contributed by atoms with E-state index in [-0.39, 0.29) is 41.4 Å². The van der Waals surface area contributed by atoms with Gasteiger partial charge in [-0.1, -0.05) is 24.3 Å². The van der Waals surface area contributed by atoms with E-state index >= 15 is 4.39 Å². The molecule has 0 fully saturated rings. The molecule has 1 unspecified atom stereocenters. The normalized spacial score (nSPS) is 12.0. The number of nitrogen functional groups attached to an aromatic ring is 1. The van der Waals surface area contributed by atoms with Gasteiger partial charge in [0.1, 0.15) is 5.82 Å². The Hall–Kier alpha value is -4.05. The van der Waals surface area contributed by atoms with E-state index in [1.165, 1.54) is 23.8 Å². The Kier molecular flexibility index (Phi) is 6.42. The van der Waals surface area contributed by atoms with Crippen LogP contribution in [0.2, 0.25) is 0 Å². The number of aromatic nitrogens is 3. The molecule has 2 aromatic carbocycles. The summed E-state index contributed by atoms with van der Waals surface area (Å²) in [4.78, 5) is 16.9. The summed E-state index contributed by atoms with van der Waals surface area (Å²) in [6, 6.07) is 10.8. The lowest BCUT2D eigenvalue weighted by molar-refractivity contribution is 0.0937. The van der Waals surface area contributed by atoms with E-state index in [4.69, 9.17) is 10.5 Å². The first-order valence-corrected chi connectivity index (χ1v) is 10.5. The molecule has 4 N–H and O–H groups in total. The number of benzene rings is 2. The van der Waals surface area contributed by atoms with Crippen LogP contribution >= 0.6 is 0 Å². The number of carbonyl (C=O) groups is 1. The number of ether oxygens (including phenoxy) is 1. The van der Waals surface area contributed by atoms with Crippen molar-refractivity contribution >= 4 is 17.5 Å². The Balaban J connectivity index is 1.51. The zero-order valence-corrected chi connectivity index (χ0v) is 18.5. The van der Waals surface area contributed by atoms with Crippen LogP contribution in [-0.4, -0.2) is 39.3 Å². The summed E-state index contributed by atoms with van der Waals surface area (Å²) in [5.41, 5.74) is 7.42. The number of hydrogen-bond acceptors (Lipinski definition) is 6. The Morgan fingerprint density at radius 1 is 1.26 bits per heavy atom. The van der Waals surface area contributed by atoms with E-state index in [1.54, 1.807) is 43.5 Å². The lowest BCUT2D eigenvalue weighted by Gasteiger charge is -2.16. The predicted molar refractivity (Wildman–Crippen MR) is 122 cm³/mol.